The molecule has 0 heterocycles. The van der Waals surface area contributed by atoms with Gasteiger partial charge in [0.1, 0.15) is 5.75 Å². The fraction of sp³-hybridized carbons (Fsp3) is 0.133. The van der Waals surface area contributed by atoms with E-state index in [4.69, 9.17) is 22.1 Å². The summed E-state index contributed by atoms with van der Waals surface area (Å²) in [6, 6.07) is 12.3. The van der Waals surface area contributed by atoms with Gasteiger partial charge in [0.2, 0.25) is 0 Å². The first-order chi connectivity index (χ1) is 9.10. The monoisotopic (exact) mass is 275 g/mol. The summed E-state index contributed by atoms with van der Waals surface area (Å²) in [4.78, 5) is 12.2. The van der Waals surface area contributed by atoms with E-state index in [9.17, 15) is 4.79 Å². The molecule has 2 aromatic carbocycles. The average molecular weight is 276 g/mol. The zero-order valence-corrected chi connectivity index (χ0v) is 11.3. The maximum Gasteiger partial charge on any atom is 0.167 e. The second-order valence-electron chi connectivity index (χ2n) is 4.19. The molecule has 98 valence electrons. The molecule has 19 heavy (non-hydrogen) atoms. The number of ketones is 1. The Bertz CT molecular complexity index is 591. The first-order valence-electron chi connectivity index (χ1n) is 5.81. The molecule has 0 aromatic heterocycles. The smallest absolute Gasteiger partial charge is 0.167 e. The van der Waals surface area contributed by atoms with E-state index < -0.39 is 0 Å². The lowest BCUT2D eigenvalue weighted by Gasteiger charge is -2.08. The molecule has 0 atom stereocenters. The summed E-state index contributed by atoms with van der Waals surface area (Å²) in [5.74, 6) is 0.657. The van der Waals surface area contributed by atoms with E-state index in [1.165, 1.54) is 0 Å². The van der Waals surface area contributed by atoms with E-state index in [0.29, 0.717) is 22.0 Å². The number of nitrogens with two attached hydrogens (primary N) is 1. The van der Waals surface area contributed by atoms with E-state index in [2.05, 4.69) is 0 Å². The van der Waals surface area contributed by atoms with Gasteiger partial charge in [0.25, 0.3) is 0 Å². The Labute approximate surface area is 117 Å². The molecule has 0 amide bonds. The highest BCUT2D eigenvalue weighted by atomic mass is 35.5. The maximum atomic E-state index is 12.2. The Balaban J connectivity index is 2.25. The second kappa shape index (κ2) is 5.76. The molecule has 4 heteroatoms. The van der Waals surface area contributed by atoms with Gasteiger partial charge >= 0.3 is 0 Å². The third-order valence-corrected chi connectivity index (χ3v) is 3.00. The van der Waals surface area contributed by atoms with Crippen LogP contribution in [0.4, 0.5) is 5.69 Å². The lowest BCUT2D eigenvalue weighted by molar-refractivity contribution is 0.0992. The number of rotatable bonds is 4. The van der Waals surface area contributed by atoms with Gasteiger partial charge in [-0.3, -0.25) is 4.79 Å². The summed E-state index contributed by atoms with van der Waals surface area (Å²) >= 11 is 5.90. The number of ether oxygens (including phenoxy) is 1. The molecule has 0 fully saturated rings. The van der Waals surface area contributed by atoms with E-state index in [1.54, 1.807) is 25.3 Å². The van der Waals surface area contributed by atoms with Gasteiger partial charge in [0.15, 0.2) is 5.78 Å². The predicted octanol–water partition coefficient (Wildman–Crippen LogP) is 3.36. The molecular weight excluding hydrogens is 262 g/mol. The van der Waals surface area contributed by atoms with E-state index >= 15 is 0 Å². The van der Waals surface area contributed by atoms with Crippen molar-refractivity contribution in [3.8, 4) is 5.75 Å². The number of anilines is 1. The van der Waals surface area contributed by atoms with Crippen LogP contribution in [0.25, 0.3) is 0 Å². The fourth-order valence-electron chi connectivity index (χ4n) is 1.90. The Morgan fingerprint density at radius 2 is 2.00 bits per heavy atom. The summed E-state index contributed by atoms with van der Waals surface area (Å²) in [5.41, 5.74) is 7.52. The van der Waals surface area contributed by atoms with Crippen molar-refractivity contribution in [2.24, 2.45) is 0 Å². The molecule has 0 aliphatic carbocycles. The minimum atomic E-state index is -0.0429. The molecule has 0 saturated carbocycles. The first-order valence-corrected chi connectivity index (χ1v) is 6.19. The van der Waals surface area contributed by atoms with Gasteiger partial charge < -0.3 is 10.5 Å². The predicted molar refractivity (Wildman–Crippen MR) is 76.9 cm³/mol. The number of hydrogen-bond donors (Lipinski definition) is 1. The van der Waals surface area contributed by atoms with Crippen LogP contribution in [-0.2, 0) is 6.42 Å². The van der Waals surface area contributed by atoms with Gasteiger partial charge in [-0.15, -0.1) is 0 Å². The van der Waals surface area contributed by atoms with Crippen LogP contribution in [0.15, 0.2) is 42.5 Å². The van der Waals surface area contributed by atoms with Gasteiger partial charge in [0.05, 0.1) is 7.11 Å². The molecule has 0 unspecified atom stereocenters. The minimum Gasteiger partial charge on any atom is -0.496 e. The van der Waals surface area contributed by atoms with Crippen LogP contribution in [0.1, 0.15) is 15.9 Å². The Kier molecular flexibility index (Phi) is 4.07. The highest BCUT2D eigenvalue weighted by molar-refractivity contribution is 6.31. The highest BCUT2D eigenvalue weighted by Crippen LogP contribution is 2.22. The van der Waals surface area contributed by atoms with Crippen molar-refractivity contribution in [1.82, 2.24) is 0 Å². The number of halogens is 1. The van der Waals surface area contributed by atoms with Crippen LogP contribution in [0.2, 0.25) is 5.02 Å². The quantitative estimate of drug-likeness (QED) is 0.688. The summed E-state index contributed by atoms with van der Waals surface area (Å²) in [7, 11) is 1.58. The van der Waals surface area contributed by atoms with Gasteiger partial charge in [-0.1, -0.05) is 29.8 Å². The van der Waals surface area contributed by atoms with Crippen LogP contribution >= 0.6 is 11.6 Å². The standard InChI is InChI=1S/C15H14ClNO2/c1-19-15-5-3-2-4-10(15)8-14(18)11-6-12(16)9-13(17)7-11/h2-7,9H,8,17H2,1H3. The number of carbonyl (C=O) groups excluding carboxylic acids is 1. The van der Waals surface area contributed by atoms with Crippen molar-refractivity contribution in [3.63, 3.8) is 0 Å². The van der Waals surface area contributed by atoms with Crippen molar-refractivity contribution < 1.29 is 9.53 Å². The first kappa shape index (κ1) is 13.4. The van der Waals surface area contributed by atoms with Crippen molar-refractivity contribution >= 4 is 23.1 Å². The molecule has 0 radical (unpaired) electrons. The normalized spacial score (nSPS) is 10.2. The van der Waals surface area contributed by atoms with Crippen molar-refractivity contribution in [1.29, 1.82) is 0 Å². The van der Waals surface area contributed by atoms with Gasteiger partial charge in [-0.25, -0.2) is 0 Å². The molecule has 0 saturated heterocycles. The molecule has 0 aliphatic heterocycles. The van der Waals surface area contributed by atoms with Gasteiger partial charge in [-0.2, -0.15) is 0 Å². The molecule has 2 aromatic rings. The SMILES string of the molecule is COc1ccccc1CC(=O)c1cc(N)cc(Cl)c1. The van der Waals surface area contributed by atoms with Crippen LogP contribution in [0, 0.1) is 0 Å². The number of para-hydroxylation sites is 1. The maximum absolute atomic E-state index is 12.2. The van der Waals surface area contributed by atoms with E-state index in [-0.39, 0.29) is 12.2 Å². The van der Waals surface area contributed by atoms with Crippen LogP contribution in [0.5, 0.6) is 5.75 Å². The molecule has 0 aliphatic rings. The van der Waals surface area contributed by atoms with Crippen LogP contribution < -0.4 is 10.5 Å². The van der Waals surface area contributed by atoms with Crippen molar-refractivity contribution in [2.45, 2.75) is 6.42 Å². The van der Waals surface area contributed by atoms with Crippen molar-refractivity contribution in [3.05, 3.63) is 58.6 Å². The lowest BCUT2D eigenvalue weighted by atomic mass is 10.0. The van der Waals surface area contributed by atoms with Crippen LogP contribution in [0.3, 0.4) is 0 Å². The third kappa shape index (κ3) is 3.26. The number of benzene rings is 2. The minimum absolute atomic E-state index is 0.0429. The second-order valence-corrected chi connectivity index (χ2v) is 4.62. The van der Waals surface area contributed by atoms with E-state index in [0.717, 1.165) is 5.56 Å². The molecule has 2 N–H and O–H groups in total. The number of carbonyl (C=O) groups is 1. The van der Waals surface area contributed by atoms with Crippen molar-refractivity contribution in [2.75, 3.05) is 12.8 Å². The number of hydrogen-bond acceptors (Lipinski definition) is 3. The summed E-state index contributed by atoms with van der Waals surface area (Å²) in [5, 5.41) is 0.461. The summed E-state index contributed by atoms with van der Waals surface area (Å²) < 4.78 is 5.23. The highest BCUT2D eigenvalue weighted by Gasteiger charge is 2.11. The third-order valence-electron chi connectivity index (χ3n) is 2.79. The Morgan fingerprint density at radius 3 is 2.68 bits per heavy atom. The van der Waals surface area contributed by atoms with E-state index in [1.807, 2.05) is 24.3 Å². The summed E-state index contributed by atoms with van der Waals surface area (Å²) in [6.45, 7) is 0. The Hall–Kier alpha value is -2.00. The molecule has 0 spiro atoms. The topological polar surface area (TPSA) is 52.3 Å². The zero-order valence-electron chi connectivity index (χ0n) is 10.5. The number of nitrogen functional groups attached to an aromatic ring is 1. The molecular formula is C15H14ClNO2. The van der Waals surface area contributed by atoms with Gasteiger partial charge in [0, 0.05) is 28.3 Å². The molecule has 3 nitrogen and oxygen atoms in total. The molecule has 0 bridgehead atoms. The van der Waals surface area contributed by atoms with Crippen LogP contribution in [-0.4, -0.2) is 12.9 Å². The Morgan fingerprint density at radius 1 is 1.26 bits per heavy atom. The molecule has 2 rings (SSSR count). The number of Topliss-reactive ketones (excluding diaryl/α,β-unsaturated/α-hetero) is 1. The average Bonchev–Trinajstić information content (AvgIpc) is 2.38. The number of methoxy groups -OCH3 is 1. The largest absolute Gasteiger partial charge is 0.496 e. The fourth-order valence-corrected chi connectivity index (χ4v) is 2.14. The zero-order chi connectivity index (χ0) is 13.8. The van der Waals surface area contributed by atoms with Gasteiger partial charge in [-0.05, 0) is 24.3 Å². The summed E-state index contributed by atoms with van der Waals surface area (Å²) in [6.07, 6.45) is 0.254. The lowest BCUT2D eigenvalue weighted by Crippen LogP contribution is -2.05.